The summed E-state index contributed by atoms with van der Waals surface area (Å²) in [5, 5.41) is 23.1. The lowest BCUT2D eigenvalue weighted by atomic mass is 9.87. The monoisotopic (exact) mass is 684 g/mol. The maximum atomic E-state index is 12.6. The first-order valence-corrected chi connectivity index (χ1v) is 18.7. The normalized spacial score (nSPS) is 15.6. The number of benzene rings is 3. The molecule has 0 radical (unpaired) electrons. The second-order valence-electron chi connectivity index (χ2n) is 13.7. The molecular formula is C41H49ClN2O3S. The van der Waals surface area contributed by atoms with Crippen molar-refractivity contribution in [3.63, 3.8) is 0 Å². The Hall–Kier alpha value is -3.16. The van der Waals surface area contributed by atoms with Crippen molar-refractivity contribution in [2.45, 2.75) is 70.7 Å². The van der Waals surface area contributed by atoms with Crippen LogP contribution in [0.2, 0.25) is 5.02 Å². The van der Waals surface area contributed by atoms with Gasteiger partial charge in [0.25, 0.3) is 0 Å². The fourth-order valence-corrected chi connectivity index (χ4v) is 8.59. The van der Waals surface area contributed by atoms with Crippen LogP contribution in [0.1, 0.15) is 86.6 Å². The van der Waals surface area contributed by atoms with Crippen molar-refractivity contribution in [1.29, 1.82) is 0 Å². The highest BCUT2D eigenvalue weighted by Gasteiger charge is 2.52. The lowest BCUT2D eigenvalue weighted by molar-refractivity contribution is -0.144. The molecule has 5 rings (SSSR count). The Balaban J connectivity index is 1.38. The van der Waals surface area contributed by atoms with Gasteiger partial charge in [0.05, 0.1) is 22.7 Å². The SMILES string of the molecule is CCN(CC)CCC(C(=O)O)C1(CS[C@H](CCc2ccccc2C(C)(C)O)c2cccc(C=Cc3ccc4ccc(Cl)cc4n3)c2)CC1. The van der Waals surface area contributed by atoms with Gasteiger partial charge in [0.15, 0.2) is 0 Å². The van der Waals surface area contributed by atoms with Gasteiger partial charge < -0.3 is 15.1 Å². The van der Waals surface area contributed by atoms with Gasteiger partial charge in [0, 0.05) is 21.4 Å². The van der Waals surface area contributed by atoms with E-state index in [2.05, 4.69) is 61.2 Å². The first-order chi connectivity index (χ1) is 23.0. The summed E-state index contributed by atoms with van der Waals surface area (Å²) >= 11 is 8.12. The molecule has 0 bridgehead atoms. The Morgan fingerprint density at radius 1 is 1.00 bits per heavy atom. The molecule has 0 saturated heterocycles. The molecule has 1 fully saturated rings. The van der Waals surface area contributed by atoms with Crippen LogP contribution in [0, 0.1) is 11.3 Å². The number of hydrogen-bond acceptors (Lipinski definition) is 5. The molecule has 1 saturated carbocycles. The van der Waals surface area contributed by atoms with E-state index in [0.717, 1.165) is 84.4 Å². The molecule has 0 amide bonds. The fraction of sp³-hybridized carbons (Fsp3) is 0.415. The third-order valence-corrected chi connectivity index (χ3v) is 11.8. The molecule has 5 nitrogen and oxygen atoms in total. The van der Waals surface area contributed by atoms with Crippen LogP contribution < -0.4 is 0 Å². The Morgan fingerprint density at radius 2 is 1.75 bits per heavy atom. The van der Waals surface area contributed by atoms with E-state index in [0.29, 0.717) is 11.4 Å². The quantitative estimate of drug-likeness (QED) is 0.115. The number of thioether (sulfide) groups is 1. The standard InChI is InChI=1S/C41H49ClN2O3S/c1-5-44(6-2)25-22-36(39(45)46)41(23-24-41)28-48-38(21-17-30-11-7-8-13-35(30)40(3,4)47)32-12-9-10-29(26-32)14-19-34-20-16-31-15-18-33(42)27-37(31)43-34/h7-16,18-20,26-27,36,38,47H,5-6,17,21-25,28H2,1-4H3,(H,45,46)/t36?,38-/m1/s1. The van der Waals surface area contributed by atoms with Gasteiger partial charge in [-0.15, -0.1) is 0 Å². The minimum Gasteiger partial charge on any atom is -0.481 e. The molecule has 48 heavy (non-hydrogen) atoms. The highest BCUT2D eigenvalue weighted by atomic mass is 35.5. The van der Waals surface area contributed by atoms with Gasteiger partial charge in [-0.3, -0.25) is 4.79 Å². The van der Waals surface area contributed by atoms with Crippen LogP contribution in [-0.2, 0) is 16.8 Å². The summed E-state index contributed by atoms with van der Waals surface area (Å²) in [4.78, 5) is 19.7. The Kier molecular flexibility index (Phi) is 12.1. The van der Waals surface area contributed by atoms with Crippen molar-refractivity contribution >= 4 is 52.4 Å². The van der Waals surface area contributed by atoms with Crippen molar-refractivity contribution in [2.24, 2.45) is 11.3 Å². The predicted molar refractivity (Wildman–Crippen MR) is 203 cm³/mol. The number of pyridine rings is 1. The van der Waals surface area contributed by atoms with Crippen LogP contribution >= 0.6 is 23.4 Å². The third kappa shape index (κ3) is 9.29. The molecular weight excluding hydrogens is 636 g/mol. The molecule has 2 atom stereocenters. The minimum atomic E-state index is -0.927. The molecule has 0 aliphatic heterocycles. The van der Waals surface area contributed by atoms with E-state index in [1.165, 1.54) is 5.56 Å². The number of fused-ring (bicyclic) bond motifs is 1. The molecule has 1 aromatic heterocycles. The summed E-state index contributed by atoms with van der Waals surface area (Å²) in [7, 11) is 0. The lowest BCUT2D eigenvalue weighted by Crippen LogP contribution is -2.33. The zero-order chi connectivity index (χ0) is 34.3. The van der Waals surface area contributed by atoms with Crippen molar-refractivity contribution in [2.75, 3.05) is 25.4 Å². The van der Waals surface area contributed by atoms with Crippen molar-refractivity contribution in [3.8, 4) is 0 Å². The average molecular weight is 685 g/mol. The highest BCUT2D eigenvalue weighted by molar-refractivity contribution is 7.99. The molecule has 7 heteroatoms. The summed E-state index contributed by atoms with van der Waals surface area (Å²) in [5.74, 6) is -0.169. The average Bonchev–Trinajstić information content (AvgIpc) is 3.85. The summed E-state index contributed by atoms with van der Waals surface area (Å²) in [6, 6.07) is 26.7. The molecule has 0 spiro atoms. The molecule has 254 valence electrons. The lowest BCUT2D eigenvalue weighted by Gasteiger charge is -2.28. The van der Waals surface area contributed by atoms with Crippen LogP contribution in [0.25, 0.3) is 23.1 Å². The van der Waals surface area contributed by atoms with Gasteiger partial charge in [0.2, 0.25) is 0 Å². The van der Waals surface area contributed by atoms with Crippen LogP contribution in [0.5, 0.6) is 0 Å². The maximum Gasteiger partial charge on any atom is 0.307 e. The van der Waals surface area contributed by atoms with E-state index >= 15 is 0 Å². The summed E-state index contributed by atoms with van der Waals surface area (Å²) in [6.07, 6.45) is 8.46. The van der Waals surface area contributed by atoms with E-state index in [-0.39, 0.29) is 16.6 Å². The van der Waals surface area contributed by atoms with Crippen LogP contribution in [0.3, 0.4) is 0 Å². The van der Waals surface area contributed by atoms with E-state index in [4.69, 9.17) is 16.6 Å². The molecule has 1 heterocycles. The molecule has 4 aromatic rings. The first-order valence-electron chi connectivity index (χ1n) is 17.2. The molecule has 1 aliphatic carbocycles. The number of aromatic nitrogens is 1. The number of hydrogen-bond donors (Lipinski definition) is 2. The summed E-state index contributed by atoms with van der Waals surface area (Å²) < 4.78 is 0. The number of carboxylic acid groups (broad SMARTS) is 1. The summed E-state index contributed by atoms with van der Waals surface area (Å²) in [6.45, 7) is 10.7. The number of aliphatic carboxylic acids is 1. The summed E-state index contributed by atoms with van der Waals surface area (Å²) in [5.41, 5.74) is 5.07. The Labute approximate surface area is 295 Å². The predicted octanol–water partition coefficient (Wildman–Crippen LogP) is 9.91. The third-order valence-electron chi connectivity index (χ3n) is 9.89. The van der Waals surface area contributed by atoms with Gasteiger partial charge in [-0.1, -0.05) is 92.2 Å². The number of rotatable bonds is 17. The maximum absolute atomic E-state index is 12.6. The van der Waals surface area contributed by atoms with Gasteiger partial charge >= 0.3 is 5.97 Å². The number of nitrogens with zero attached hydrogens (tertiary/aromatic N) is 2. The second-order valence-corrected chi connectivity index (χ2v) is 15.3. The topological polar surface area (TPSA) is 73.7 Å². The van der Waals surface area contributed by atoms with E-state index in [9.17, 15) is 15.0 Å². The second kappa shape index (κ2) is 16.0. The van der Waals surface area contributed by atoms with Crippen LogP contribution in [0.4, 0.5) is 0 Å². The smallest absolute Gasteiger partial charge is 0.307 e. The van der Waals surface area contributed by atoms with Crippen LogP contribution in [0.15, 0.2) is 78.9 Å². The van der Waals surface area contributed by atoms with Gasteiger partial charge in [-0.2, -0.15) is 11.8 Å². The van der Waals surface area contributed by atoms with Gasteiger partial charge in [0.1, 0.15) is 0 Å². The Bertz CT molecular complexity index is 1720. The van der Waals surface area contributed by atoms with Crippen molar-refractivity contribution < 1.29 is 15.0 Å². The van der Waals surface area contributed by atoms with Crippen molar-refractivity contribution in [1.82, 2.24) is 9.88 Å². The number of carbonyl (C=O) groups is 1. The number of carboxylic acids is 1. The highest BCUT2D eigenvalue weighted by Crippen LogP contribution is 2.57. The number of halogens is 1. The molecule has 3 aromatic carbocycles. The van der Waals surface area contributed by atoms with E-state index in [1.54, 1.807) is 0 Å². The zero-order valence-corrected chi connectivity index (χ0v) is 30.2. The Morgan fingerprint density at radius 3 is 2.46 bits per heavy atom. The van der Waals surface area contributed by atoms with Gasteiger partial charge in [-0.25, -0.2) is 4.98 Å². The number of aliphatic hydroxyl groups is 1. The largest absolute Gasteiger partial charge is 0.481 e. The number of aryl methyl sites for hydroxylation is 1. The molecule has 1 unspecified atom stereocenters. The zero-order valence-electron chi connectivity index (χ0n) is 28.7. The van der Waals surface area contributed by atoms with E-state index < -0.39 is 11.6 Å². The fourth-order valence-electron chi connectivity index (χ4n) is 6.78. The van der Waals surface area contributed by atoms with E-state index in [1.807, 2.05) is 74.1 Å². The van der Waals surface area contributed by atoms with Gasteiger partial charge in [-0.05, 0) is 118 Å². The molecule has 2 N–H and O–H groups in total. The first kappa shape index (κ1) is 36.1. The minimum absolute atomic E-state index is 0.158. The van der Waals surface area contributed by atoms with Crippen molar-refractivity contribution in [3.05, 3.63) is 112 Å². The molecule has 1 aliphatic rings. The van der Waals surface area contributed by atoms with Crippen LogP contribution in [-0.4, -0.2) is 51.5 Å².